The number of hydrogen-bond donors (Lipinski definition) is 1. The highest BCUT2D eigenvalue weighted by molar-refractivity contribution is 7.25. The van der Waals surface area contributed by atoms with Gasteiger partial charge < -0.3 is 14.8 Å². The molecule has 0 radical (unpaired) electrons. The molecular weight excluding hydrogens is 502 g/mol. The van der Waals surface area contributed by atoms with Crippen LogP contribution in [0.2, 0.25) is 0 Å². The van der Waals surface area contributed by atoms with Gasteiger partial charge in [0.2, 0.25) is 0 Å². The highest BCUT2D eigenvalue weighted by Crippen LogP contribution is 2.42. The summed E-state index contributed by atoms with van der Waals surface area (Å²) in [7, 11) is 0. The van der Waals surface area contributed by atoms with Crippen molar-refractivity contribution < 1.29 is 19.1 Å². The molecule has 0 saturated heterocycles. The van der Waals surface area contributed by atoms with Gasteiger partial charge in [-0.1, -0.05) is 12.0 Å². The highest BCUT2D eigenvalue weighted by Gasteiger charge is 2.29. The van der Waals surface area contributed by atoms with Crippen molar-refractivity contribution in [2.45, 2.75) is 78.7 Å². The van der Waals surface area contributed by atoms with Crippen LogP contribution in [0.5, 0.6) is 0 Å². The highest BCUT2D eigenvalue weighted by atomic mass is 32.1. The van der Waals surface area contributed by atoms with Crippen molar-refractivity contribution in [2.75, 3.05) is 4.90 Å². The lowest BCUT2D eigenvalue weighted by atomic mass is 10.1. The Morgan fingerprint density at radius 1 is 1.20 bits per heavy atom. The SMILES string of the molecule is C#CC(Cc1sc2c(N(Cc3cccs3)C(=O)OC(C)(C)C)snc2c1C)NC(=O)OC(C)(C)C. The zero-order chi connectivity index (χ0) is 26.0. The van der Waals surface area contributed by atoms with Crippen molar-refractivity contribution in [3.8, 4) is 12.3 Å². The third-order valence-corrected chi connectivity index (χ3v) is 7.84. The zero-order valence-corrected chi connectivity index (χ0v) is 23.5. The molecule has 10 heteroatoms. The van der Waals surface area contributed by atoms with Crippen LogP contribution in [0.15, 0.2) is 17.5 Å². The summed E-state index contributed by atoms with van der Waals surface area (Å²) in [6, 6.07) is 3.41. The summed E-state index contributed by atoms with van der Waals surface area (Å²) in [4.78, 5) is 29.1. The normalized spacial score (nSPS) is 12.7. The van der Waals surface area contributed by atoms with Crippen LogP contribution < -0.4 is 10.2 Å². The molecule has 2 amide bonds. The second-order valence-electron chi connectivity index (χ2n) is 10.0. The fourth-order valence-corrected chi connectivity index (χ4v) is 6.23. The Kier molecular flexibility index (Phi) is 8.14. The standard InChI is InChI=1S/C25H31N3O4S3/c1-9-16(26-22(29)31-24(3,4)5)13-18-15(2)19-20(34-18)21(35-27-19)28(14-17-11-10-12-33-17)23(30)32-25(6,7)8/h1,10-12,16H,13-14H2,2-8H3,(H,26,29). The molecule has 1 atom stereocenters. The van der Waals surface area contributed by atoms with E-state index >= 15 is 0 Å². The number of terminal acetylenes is 1. The van der Waals surface area contributed by atoms with E-state index in [1.165, 1.54) is 22.9 Å². The molecule has 188 valence electrons. The molecule has 3 heterocycles. The van der Waals surface area contributed by atoms with Crippen LogP contribution in [0.4, 0.5) is 14.6 Å². The molecule has 3 rings (SSSR count). The van der Waals surface area contributed by atoms with E-state index in [1.54, 1.807) is 37.0 Å². The molecule has 0 saturated carbocycles. The first-order valence-electron chi connectivity index (χ1n) is 11.1. The first kappa shape index (κ1) is 27.0. The minimum absolute atomic E-state index is 0.392. The third kappa shape index (κ3) is 7.19. The molecule has 0 bridgehead atoms. The number of carbonyl (C=O) groups is 2. The Morgan fingerprint density at radius 2 is 1.89 bits per heavy atom. The maximum absolute atomic E-state index is 13.2. The second kappa shape index (κ2) is 10.6. The Balaban J connectivity index is 1.90. The number of alkyl carbamates (subject to hydrolysis) is 1. The van der Waals surface area contributed by atoms with Crippen molar-refractivity contribution in [3.05, 3.63) is 32.8 Å². The first-order valence-corrected chi connectivity index (χ1v) is 13.6. The number of hydrogen-bond acceptors (Lipinski definition) is 8. The molecular formula is C25H31N3O4S3. The summed E-state index contributed by atoms with van der Waals surface area (Å²) in [6.07, 6.45) is 5.17. The summed E-state index contributed by atoms with van der Waals surface area (Å²) < 4.78 is 16.6. The van der Waals surface area contributed by atoms with E-state index in [9.17, 15) is 9.59 Å². The van der Waals surface area contributed by atoms with Gasteiger partial charge >= 0.3 is 12.2 Å². The van der Waals surface area contributed by atoms with E-state index < -0.39 is 29.4 Å². The largest absolute Gasteiger partial charge is 0.444 e. The maximum Gasteiger partial charge on any atom is 0.415 e. The number of fused-ring (bicyclic) bond motifs is 1. The summed E-state index contributed by atoms with van der Waals surface area (Å²) in [5, 5.41) is 5.47. The fourth-order valence-electron chi connectivity index (χ4n) is 3.18. The van der Waals surface area contributed by atoms with Gasteiger partial charge in [0.15, 0.2) is 0 Å². The van der Waals surface area contributed by atoms with Crippen LogP contribution in [-0.2, 0) is 22.4 Å². The van der Waals surface area contributed by atoms with Gasteiger partial charge in [0.1, 0.15) is 21.7 Å². The van der Waals surface area contributed by atoms with E-state index in [1.807, 2.05) is 45.2 Å². The van der Waals surface area contributed by atoms with Gasteiger partial charge in [-0.3, -0.25) is 4.90 Å². The minimum atomic E-state index is -0.627. The topological polar surface area (TPSA) is 80.8 Å². The quantitative estimate of drug-likeness (QED) is 0.355. The predicted molar refractivity (Wildman–Crippen MR) is 145 cm³/mol. The van der Waals surface area contributed by atoms with Crippen LogP contribution in [0.1, 0.15) is 56.9 Å². The number of rotatable bonds is 6. The molecule has 3 aromatic heterocycles. The summed E-state index contributed by atoms with van der Waals surface area (Å²) in [5.41, 5.74) is 0.576. The van der Waals surface area contributed by atoms with E-state index in [2.05, 4.69) is 15.6 Å². The third-order valence-electron chi connectivity index (χ3n) is 4.67. The number of carbonyl (C=O) groups excluding carboxylic acids is 2. The Morgan fingerprint density at radius 3 is 2.46 bits per heavy atom. The Hall–Kier alpha value is -2.61. The Bertz CT molecular complexity index is 1220. The van der Waals surface area contributed by atoms with Gasteiger partial charge in [-0.2, -0.15) is 4.37 Å². The van der Waals surface area contributed by atoms with Crippen LogP contribution in [0, 0.1) is 19.3 Å². The van der Waals surface area contributed by atoms with Gasteiger partial charge in [-0.25, -0.2) is 9.59 Å². The van der Waals surface area contributed by atoms with Gasteiger partial charge in [0.05, 0.1) is 17.3 Å². The smallest absolute Gasteiger partial charge is 0.415 e. The molecule has 3 aromatic rings. The number of thiophene rings is 2. The monoisotopic (exact) mass is 533 g/mol. The minimum Gasteiger partial charge on any atom is -0.444 e. The van der Waals surface area contributed by atoms with Crippen LogP contribution >= 0.6 is 34.2 Å². The molecule has 0 aliphatic heterocycles. The number of aromatic nitrogens is 1. The van der Waals surface area contributed by atoms with Crippen LogP contribution in [0.3, 0.4) is 0 Å². The van der Waals surface area contributed by atoms with Crippen LogP contribution in [0.25, 0.3) is 10.2 Å². The summed E-state index contributed by atoms with van der Waals surface area (Å²) in [5.74, 6) is 2.64. The molecule has 0 aliphatic rings. The lowest BCUT2D eigenvalue weighted by Gasteiger charge is -2.26. The number of amides is 2. The van der Waals surface area contributed by atoms with Crippen molar-refractivity contribution in [1.82, 2.24) is 9.69 Å². The fraction of sp³-hybridized carbons (Fsp3) is 0.480. The summed E-state index contributed by atoms with van der Waals surface area (Å²) >= 11 is 4.39. The van der Waals surface area contributed by atoms with E-state index in [4.69, 9.17) is 15.9 Å². The molecule has 1 N–H and O–H groups in total. The molecule has 7 nitrogen and oxygen atoms in total. The molecule has 35 heavy (non-hydrogen) atoms. The number of ether oxygens (including phenoxy) is 2. The zero-order valence-electron chi connectivity index (χ0n) is 21.1. The average molecular weight is 534 g/mol. The second-order valence-corrected chi connectivity index (χ2v) is 12.9. The Labute approximate surface area is 218 Å². The van der Waals surface area contributed by atoms with Gasteiger partial charge in [0.25, 0.3) is 0 Å². The molecule has 0 fully saturated rings. The van der Waals surface area contributed by atoms with Crippen LogP contribution in [-0.4, -0.2) is 33.8 Å². The number of aryl methyl sites for hydroxylation is 1. The molecule has 0 aliphatic carbocycles. The molecule has 0 spiro atoms. The van der Waals surface area contributed by atoms with Crippen molar-refractivity contribution in [1.29, 1.82) is 0 Å². The maximum atomic E-state index is 13.2. The van der Waals surface area contributed by atoms with Gasteiger partial charge in [0, 0.05) is 16.2 Å². The van der Waals surface area contributed by atoms with Gasteiger partial charge in [-0.15, -0.1) is 29.1 Å². The van der Waals surface area contributed by atoms with Gasteiger partial charge in [-0.05, 0) is 77.0 Å². The molecule has 0 aromatic carbocycles. The lowest BCUT2D eigenvalue weighted by Crippen LogP contribution is -2.39. The predicted octanol–water partition coefficient (Wildman–Crippen LogP) is 6.74. The number of nitrogens with one attached hydrogen (secondary N) is 1. The lowest BCUT2D eigenvalue weighted by molar-refractivity contribution is 0.0514. The number of anilines is 1. The first-order chi connectivity index (χ1) is 16.3. The average Bonchev–Trinajstić information content (AvgIpc) is 3.42. The van der Waals surface area contributed by atoms with E-state index in [0.29, 0.717) is 13.0 Å². The summed E-state index contributed by atoms with van der Waals surface area (Å²) in [6.45, 7) is 13.3. The van der Waals surface area contributed by atoms with Crippen molar-refractivity contribution in [3.63, 3.8) is 0 Å². The van der Waals surface area contributed by atoms with Crippen molar-refractivity contribution in [2.24, 2.45) is 0 Å². The van der Waals surface area contributed by atoms with Crippen molar-refractivity contribution >= 4 is 61.6 Å². The number of nitrogens with zero attached hydrogens (tertiary/aromatic N) is 2. The molecule has 1 unspecified atom stereocenters. The van der Waals surface area contributed by atoms with E-state index in [0.717, 1.165) is 30.5 Å². The van der Waals surface area contributed by atoms with E-state index in [-0.39, 0.29) is 0 Å².